The number of nitrogens with one attached hydrogen (secondary N) is 1. The van der Waals surface area contributed by atoms with Crippen LogP contribution in [0.1, 0.15) is 29.8 Å². The van der Waals surface area contributed by atoms with Crippen LogP contribution in [0.2, 0.25) is 5.02 Å². The number of aromatic nitrogens is 4. The molecule has 4 rings (SSSR count). The Morgan fingerprint density at radius 2 is 2.32 bits per heavy atom. The molecule has 1 aliphatic carbocycles. The Kier molecular flexibility index (Phi) is 4.82. The molecule has 1 unspecified atom stereocenters. The molecule has 0 bridgehead atoms. The van der Waals surface area contributed by atoms with Gasteiger partial charge in [-0.1, -0.05) is 11.6 Å². The first-order chi connectivity index (χ1) is 12.1. The van der Waals surface area contributed by atoms with Gasteiger partial charge in [0.25, 0.3) is 0 Å². The van der Waals surface area contributed by atoms with Gasteiger partial charge in [0.2, 0.25) is 0 Å². The third kappa shape index (κ3) is 3.60. The van der Waals surface area contributed by atoms with Crippen LogP contribution in [0.4, 0.5) is 0 Å². The van der Waals surface area contributed by atoms with Crippen LogP contribution in [-0.2, 0) is 37.9 Å². The van der Waals surface area contributed by atoms with E-state index >= 15 is 0 Å². The van der Waals surface area contributed by atoms with Gasteiger partial charge < -0.3 is 15.2 Å². The lowest BCUT2D eigenvalue weighted by Gasteiger charge is -2.18. The second-order valence-corrected chi connectivity index (χ2v) is 7.51. The highest BCUT2D eigenvalue weighted by Crippen LogP contribution is 2.28. The van der Waals surface area contributed by atoms with Gasteiger partial charge in [-0.15, -0.1) is 0 Å². The molecule has 7 nitrogen and oxygen atoms in total. The molecule has 0 amide bonds. The van der Waals surface area contributed by atoms with Crippen molar-refractivity contribution in [2.24, 2.45) is 13.0 Å². The molecule has 1 fully saturated rings. The second-order valence-electron chi connectivity index (χ2n) is 7.07. The van der Waals surface area contributed by atoms with E-state index in [1.165, 1.54) is 5.56 Å². The van der Waals surface area contributed by atoms with E-state index in [0.717, 1.165) is 43.8 Å². The summed E-state index contributed by atoms with van der Waals surface area (Å²) in [6.45, 7) is 2.87. The standard InChI is InChI=1S/C17H24ClN5O2/c1-22-16(13-10-25-3-2-14(13)21-22)7-19-15-4-11(5-17(15)24)8-23-9-12(18)6-20-23/h6,9,11,15,17,19,24H,2-5,7-8,10H2,1H3/t11?,15-,17-/m1/s1. The molecular formula is C17H24ClN5O2. The number of nitrogens with zero attached hydrogens (tertiary/aromatic N) is 4. The van der Waals surface area contributed by atoms with E-state index in [1.807, 2.05) is 22.6 Å². The van der Waals surface area contributed by atoms with E-state index in [2.05, 4.69) is 15.5 Å². The van der Waals surface area contributed by atoms with E-state index in [4.69, 9.17) is 16.3 Å². The lowest BCUT2D eigenvalue weighted by molar-refractivity contribution is 0.109. The Morgan fingerprint density at radius 3 is 3.12 bits per heavy atom. The zero-order valence-corrected chi connectivity index (χ0v) is 15.1. The summed E-state index contributed by atoms with van der Waals surface area (Å²) in [5.74, 6) is 0.396. The van der Waals surface area contributed by atoms with Gasteiger partial charge in [0.15, 0.2) is 0 Å². The summed E-state index contributed by atoms with van der Waals surface area (Å²) in [5.41, 5.74) is 3.51. The average molecular weight is 366 g/mol. The monoisotopic (exact) mass is 365 g/mol. The lowest BCUT2D eigenvalue weighted by atomic mass is 10.1. The van der Waals surface area contributed by atoms with Crippen molar-refractivity contribution in [3.8, 4) is 0 Å². The van der Waals surface area contributed by atoms with Gasteiger partial charge in [-0.3, -0.25) is 9.36 Å². The maximum atomic E-state index is 10.4. The minimum absolute atomic E-state index is 0.0890. The van der Waals surface area contributed by atoms with Crippen molar-refractivity contribution in [1.82, 2.24) is 24.9 Å². The molecule has 1 saturated carbocycles. The van der Waals surface area contributed by atoms with Gasteiger partial charge in [-0.25, -0.2) is 0 Å². The van der Waals surface area contributed by atoms with E-state index in [0.29, 0.717) is 24.1 Å². The summed E-state index contributed by atoms with van der Waals surface area (Å²) in [4.78, 5) is 0. The number of ether oxygens (including phenoxy) is 1. The molecule has 0 spiro atoms. The molecule has 25 heavy (non-hydrogen) atoms. The molecule has 136 valence electrons. The molecule has 0 aromatic carbocycles. The highest BCUT2D eigenvalue weighted by Gasteiger charge is 2.33. The molecule has 3 atom stereocenters. The van der Waals surface area contributed by atoms with Crippen LogP contribution in [0.25, 0.3) is 0 Å². The number of rotatable bonds is 5. The third-order valence-corrected chi connectivity index (χ3v) is 5.49. The predicted octanol–water partition coefficient (Wildman–Crippen LogP) is 1.27. The van der Waals surface area contributed by atoms with Crippen molar-refractivity contribution < 1.29 is 9.84 Å². The highest BCUT2D eigenvalue weighted by atomic mass is 35.5. The summed E-state index contributed by atoms with van der Waals surface area (Å²) in [7, 11) is 1.98. The number of aliphatic hydroxyl groups is 1. The molecule has 2 aromatic heterocycles. The van der Waals surface area contributed by atoms with Crippen LogP contribution in [0.5, 0.6) is 0 Å². The number of aliphatic hydroxyl groups excluding tert-OH is 1. The fourth-order valence-corrected chi connectivity index (χ4v) is 4.17. The number of hydrogen-bond acceptors (Lipinski definition) is 5. The fraction of sp³-hybridized carbons (Fsp3) is 0.647. The van der Waals surface area contributed by atoms with Crippen molar-refractivity contribution in [2.75, 3.05) is 6.61 Å². The Bertz CT molecular complexity index is 743. The Labute approximate surface area is 151 Å². The van der Waals surface area contributed by atoms with Gasteiger partial charge >= 0.3 is 0 Å². The highest BCUT2D eigenvalue weighted by molar-refractivity contribution is 6.30. The quantitative estimate of drug-likeness (QED) is 0.834. The molecule has 2 aromatic rings. The van der Waals surface area contributed by atoms with Crippen molar-refractivity contribution in [2.45, 2.75) is 51.1 Å². The fourth-order valence-electron chi connectivity index (χ4n) is 4.01. The van der Waals surface area contributed by atoms with Gasteiger partial charge in [-0.2, -0.15) is 10.2 Å². The molecular weight excluding hydrogens is 342 g/mol. The van der Waals surface area contributed by atoms with Crippen LogP contribution in [0.3, 0.4) is 0 Å². The number of hydrogen-bond donors (Lipinski definition) is 2. The van der Waals surface area contributed by atoms with E-state index in [9.17, 15) is 5.11 Å². The van der Waals surface area contributed by atoms with Gasteiger partial charge in [-0.05, 0) is 18.8 Å². The van der Waals surface area contributed by atoms with Gasteiger partial charge in [0.05, 0.1) is 41.9 Å². The van der Waals surface area contributed by atoms with Crippen LogP contribution < -0.4 is 5.32 Å². The Balaban J connectivity index is 1.36. The molecule has 0 saturated heterocycles. The summed E-state index contributed by atoms with van der Waals surface area (Å²) in [6.07, 6.45) is 5.73. The number of aryl methyl sites for hydroxylation is 1. The molecule has 2 aliphatic rings. The molecule has 2 N–H and O–H groups in total. The van der Waals surface area contributed by atoms with Crippen molar-refractivity contribution in [1.29, 1.82) is 0 Å². The SMILES string of the molecule is Cn1nc2c(c1CN[C@@H]1CC(Cn3cc(Cl)cn3)C[C@H]1O)COCC2. The first-order valence-corrected chi connectivity index (χ1v) is 9.18. The molecule has 1 aliphatic heterocycles. The zero-order chi connectivity index (χ0) is 17.4. The third-order valence-electron chi connectivity index (χ3n) is 5.29. The van der Waals surface area contributed by atoms with E-state index in [1.54, 1.807) is 6.20 Å². The molecule has 3 heterocycles. The number of halogens is 1. The molecule has 8 heteroatoms. The van der Waals surface area contributed by atoms with Crippen molar-refractivity contribution in [3.63, 3.8) is 0 Å². The topological polar surface area (TPSA) is 77.1 Å². The average Bonchev–Trinajstić information content (AvgIpc) is 3.23. The Morgan fingerprint density at radius 1 is 1.44 bits per heavy atom. The first-order valence-electron chi connectivity index (χ1n) is 8.81. The first kappa shape index (κ1) is 17.0. The van der Waals surface area contributed by atoms with Crippen molar-refractivity contribution >= 4 is 11.6 Å². The minimum atomic E-state index is -0.337. The molecule has 0 radical (unpaired) electrons. The summed E-state index contributed by atoms with van der Waals surface area (Å²) in [6, 6.07) is 0.0890. The zero-order valence-electron chi connectivity index (χ0n) is 14.4. The normalized spacial score (nSPS) is 26.1. The smallest absolute Gasteiger partial charge is 0.0785 e. The minimum Gasteiger partial charge on any atom is -0.391 e. The van der Waals surface area contributed by atoms with Gasteiger partial charge in [0, 0.05) is 44.4 Å². The van der Waals surface area contributed by atoms with Crippen LogP contribution >= 0.6 is 11.6 Å². The summed E-state index contributed by atoms with van der Waals surface area (Å²) in [5, 5.41) is 23.4. The van der Waals surface area contributed by atoms with Crippen molar-refractivity contribution in [3.05, 3.63) is 34.4 Å². The maximum Gasteiger partial charge on any atom is 0.0785 e. The van der Waals surface area contributed by atoms with Crippen LogP contribution in [-0.4, -0.2) is 43.4 Å². The lowest BCUT2D eigenvalue weighted by Crippen LogP contribution is -2.36. The maximum absolute atomic E-state index is 10.4. The summed E-state index contributed by atoms with van der Waals surface area (Å²) >= 11 is 5.92. The predicted molar refractivity (Wildman–Crippen MR) is 93.2 cm³/mol. The van der Waals surface area contributed by atoms with Crippen LogP contribution in [0, 0.1) is 5.92 Å². The van der Waals surface area contributed by atoms with E-state index in [-0.39, 0.29) is 12.1 Å². The van der Waals surface area contributed by atoms with Gasteiger partial charge in [0.1, 0.15) is 0 Å². The Hall–Kier alpha value is -1.41. The van der Waals surface area contributed by atoms with Crippen LogP contribution in [0.15, 0.2) is 12.4 Å². The largest absolute Gasteiger partial charge is 0.391 e. The second kappa shape index (κ2) is 7.07. The summed E-state index contributed by atoms with van der Waals surface area (Å²) < 4.78 is 9.38. The number of fused-ring (bicyclic) bond motifs is 1. The van der Waals surface area contributed by atoms with E-state index < -0.39 is 0 Å².